The van der Waals surface area contributed by atoms with Crippen molar-refractivity contribution in [2.75, 3.05) is 0 Å². The summed E-state index contributed by atoms with van der Waals surface area (Å²) in [7, 11) is 0. The molecule has 4 aromatic rings. The maximum absolute atomic E-state index is 10.5. The Morgan fingerprint density at radius 1 is 0.645 bits per heavy atom. The third-order valence-electron chi connectivity index (χ3n) is 3.74. The van der Waals surface area contributed by atoms with Crippen LogP contribution in [0.2, 0.25) is 0 Å². The Morgan fingerprint density at radius 3 is 1.23 bits per heavy atom. The molecule has 0 saturated heterocycles. The zero-order valence-corrected chi connectivity index (χ0v) is 17.0. The number of hydrogen-bond donors (Lipinski definition) is 2. The number of H-pyrrole nitrogens is 2. The Balaban J connectivity index is 0.000000529. The van der Waals surface area contributed by atoms with E-state index in [0.29, 0.717) is 11.4 Å². The molecule has 0 spiro atoms. The first-order valence-corrected chi connectivity index (χ1v) is 8.19. The van der Waals surface area contributed by atoms with Crippen molar-refractivity contribution in [2.45, 2.75) is 0 Å². The summed E-state index contributed by atoms with van der Waals surface area (Å²) in [5.41, 5.74) is 2.97. The van der Waals surface area contributed by atoms with Crippen molar-refractivity contribution in [1.82, 2.24) is 20.4 Å². The van der Waals surface area contributed by atoms with Crippen molar-refractivity contribution in [3.63, 3.8) is 0 Å². The van der Waals surface area contributed by atoms with Crippen LogP contribution < -0.4 is 10.2 Å². The largest absolute Gasteiger partial charge is 2.00 e. The molecule has 163 valence electrons. The molecule has 0 saturated carbocycles. The van der Waals surface area contributed by atoms with Gasteiger partial charge >= 0.3 is 16.8 Å². The van der Waals surface area contributed by atoms with E-state index >= 15 is 0 Å². The summed E-state index contributed by atoms with van der Waals surface area (Å²) < 4.78 is 0. The van der Waals surface area contributed by atoms with Gasteiger partial charge in [-0.2, -0.15) is 10.2 Å². The van der Waals surface area contributed by atoms with Gasteiger partial charge in [-0.1, -0.05) is 60.7 Å². The van der Waals surface area contributed by atoms with Gasteiger partial charge in [0.25, 0.3) is 0 Å². The molecule has 0 atom stereocenters. The van der Waals surface area contributed by atoms with Crippen molar-refractivity contribution in [1.29, 1.82) is 0 Å². The molecule has 2 aromatic heterocycles. The van der Waals surface area contributed by atoms with E-state index in [9.17, 15) is 19.8 Å². The van der Waals surface area contributed by atoms with E-state index < -0.39 is 11.9 Å². The summed E-state index contributed by atoms with van der Waals surface area (Å²) in [6.07, 6.45) is 0. The van der Waals surface area contributed by atoms with Crippen LogP contribution >= 0.6 is 0 Å². The van der Waals surface area contributed by atoms with Gasteiger partial charge in [0, 0.05) is 0 Å². The molecule has 0 aliphatic carbocycles. The van der Waals surface area contributed by atoms with Gasteiger partial charge in [-0.05, 0) is 23.3 Å². The van der Waals surface area contributed by atoms with Gasteiger partial charge in [-0.3, -0.25) is 10.2 Å². The quantitative estimate of drug-likeness (QED) is 0.358. The number of rotatable bonds is 4. The van der Waals surface area contributed by atoms with Crippen LogP contribution in [-0.2, 0) is 27.7 Å². The third kappa shape index (κ3) is 7.20. The Labute approximate surface area is 186 Å². The van der Waals surface area contributed by atoms with Gasteiger partial charge < -0.3 is 30.8 Å². The smallest absolute Gasteiger partial charge is 0.543 e. The number of aromatic carboxylic acids is 2. The third-order valence-corrected chi connectivity index (χ3v) is 3.74. The predicted molar refractivity (Wildman–Crippen MR) is 106 cm³/mol. The summed E-state index contributed by atoms with van der Waals surface area (Å²) >= 11 is 0. The zero-order valence-electron chi connectivity index (χ0n) is 15.9. The van der Waals surface area contributed by atoms with Gasteiger partial charge in [-0.15, -0.1) is 0 Å². The number of carbonyl (C=O) groups excluding carboxylic acids is 2. The SMILES string of the molecule is O=C([O-])c1cc(-c2ccccc2)[nH]n1.O=C([O-])c1cc(-c2ccccc2)[nH]n1.[Co+2].[OH3+].[OH3+]. The van der Waals surface area contributed by atoms with E-state index in [-0.39, 0.29) is 39.1 Å². The van der Waals surface area contributed by atoms with Gasteiger partial charge in [0.2, 0.25) is 0 Å². The Morgan fingerprint density at radius 2 is 0.968 bits per heavy atom. The minimum absolute atomic E-state index is 0. The summed E-state index contributed by atoms with van der Waals surface area (Å²) in [5.74, 6) is -2.55. The Kier molecular flexibility index (Phi) is 11.2. The van der Waals surface area contributed by atoms with E-state index in [2.05, 4.69) is 20.4 Å². The molecular formula is C20H20CoN4O6+2. The van der Waals surface area contributed by atoms with Crippen LogP contribution in [0.3, 0.4) is 0 Å². The van der Waals surface area contributed by atoms with Crippen LogP contribution in [0.25, 0.3) is 22.5 Å². The number of carbonyl (C=O) groups is 2. The van der Waals surface area contributed by atoms with Gasteiger partial charge in [0.05, 0.1) is 23.3 Å². The fourth-order valence-electron chi connectivity index (χ4n) is 2.38. The molecule has 0 aliphatic heterocycles. The number of nitrogens with one attached hydrogen (secondary N) is 2. The van der Waals surface area contributed by atoms with Gasteiger partial charge in [0.15, 0.2) is 0 Å². The van der Waals surface area contributed by atoms with E-state index in [0.717, 1.165) is 11.1 Å². The average molecular weight is 471 g/mol. The van der Waals surface area contributed by atoms with Crippen LogP contribution in [0.15, 0.2) is 72.8 Å². The molecule has 4 rings (SSSR count). The molecule has 2 aromatic carbocycles. The van der Waals surface area contributed by atoms with Crippen LogP contribution in [0.5, 0.6) is 0 Å². The second-order valence-electron chi connectivity index (χ2n) is 5.64. The first kappa shape index (κ1) is 27.2. The number of hydrogen-bond acceptors (Lipinski definition) is 6. The van der Waals surface area contributed by atoms with Crippen LogP contribution in [-0.4, -0.2) is 32.3 Å². The van der Waals surface area contributed by atoms with Gasteiger partial charge in [0.1, 0.15) is 11.4 Å². The number of benzene rings is 2. The van der Waals surface area contributed by atoms with E-state index in [4.69, 9.17) is 0 Å². The first-order chi connectivity index (χ1) is 13.5. The fraction of sp³-hybridized carbons (Fsp3) is 0. The van der Waals surface area contributed by atoms with E-state index in [1.54, 1.807) is 0 Å². The van der Waals surface area contributed by atoms with Crippen LogP contribution in [0.4, 0.5) is 0 Å². The van der Waals surface area contributed by atoms with E-state index in [1.165, 1.54) is 12.1 Å². The monoisotopic (exact) mass is 471 g/mol. The number of aromatic amines is 2. The molecule has 31 heavy (non-hydrogen) atoms. The van der Waals surface area contributed by atoms with Crippen molar-refractivity contribution < 1.29 is 47.5 Å². The van der Waals surface area contributed by atoms with Crippen LogP contribution in [0, 0.1) is 0 Å². The minimum Gasteiger partial charge on any atom is -0.543 e. The van der Waals surface area contributed by atoms with E-state index in [1.807, 2.05) is 60.7 Å². The normalized spacial score (nSPS) is 9.03. The molecule has 0 aliphatic rings. The van der Waals surface area contributed by atoms with Crippen molar-refractivity contribution in [3.05, 3.63) is 84.2 Å². The molecule has 8 N–H and O–H groups in total. The van der Waals surface area contributed by atoms with Crippen molar-refractivity contribution in [2.24, 2.45) is 0 Å². The maximum Gasteiger partial charge on any atom is 2.00 e. The van der Waals surface area contributed by atoms with Gasteiger partial charge in [-0.25, -0.2) is 0 Å². The predicted octanol–water partition coefficient (Wildman–Crippen LogP) is -0.966. The Hall–Kier alpha value is -3.77. The number of carboxylic acid groups (broad SMARTS) is 2. The molecule has 0 fully saturated rings. The first-order valence-electron chi connectivity index (χ1n) is 8.19. The fourth-order valence-corrected chi connectivity index (χ4v) is 2.38. The van der Waals surface area contributed by atoms with Crippen LogP contribution in [0.1, 0.15) is 21.0 Å². The molecule has 1 radical (unpaired) electrons. The van der Waals surface area contributed by atoms with Crippen molar-refractivity contribution >= 4 is 11.9 Å². The molecule has 2 heterocycles. The summed E-state index contributed by atoms with van der Waals surface area (Å²) in [6.45, 7) is 0. The molecule has 0 unspecified atom stereocenters. The molecule has 0 amide bonds. The molecule has 10 nitrogen and oxygen atoms in total. The second-order valence-corrected chi connectivity index (χ2v) is 5.64. The van der Waals surface area contributed by atoms with Crippen molar-refractivity contribution in [3.8, 4) is 22.5 Å². The summed E-state index contributed by atoms with van der Waals surface area (Å²) in [4.78, 5) is 20.9. The minimum atomic E-state index is -1.27. The summed E-state index contributed by atoms with van der Waals surface area (Å²) in [6, 6.07) is 21.6. The average Bonchev–Trinajstić information content (AvgIpc) is 3.40. The molecule has 0 bridgehead atoms. The number of carboxylic acids is 2. The second kappa shape index (κ2) is 12.7. The summed E-state index contributed by atoms with van der Waals surface area (Å²) in [5, 5.41) is 33.4. The Bertz CT molecular complexity index is 996. The topological polar surface area (TPSA) is 204 Å². The maximum atomic E-state index is 10.5. The number of nitrogens with zero attached hydrogens (tertiary/aromatic N) is 2. The molecular weight excluding hydrogens is 451 g/mol. The number of aromatic nitrogens is 4. The molecule has 11 heteroatoms. The standard InChI is InChI=1S/2C10H8N2O2.Co.2H2O/c2*13-10(14)9-6-8(11-12-9)7-4-2-1-3-5-7;;;/h2*1-6H,(H,11,12)(H,13,14);;2*1H2/q;;+2;;. The zero-order chi connectivity index (χ0) is 19.9.